The van der Waals surface area contributed by atoms with Crippen LogP contribution in [0.5, 0.6) is 0 Å². The van der Waals surface area contributed by atoms with Gasteiger partial charge in [0, 0.05) is 24.5 Å². The number of halogens is 4. The van der Waals surface area contributed by atoms with E-state index in [2.05, 4.69) is 15.2 Å². The molecule has 1 aromatic carbocycles. The predicted molar refractivity (Wildman–Crippen MR) is 97.0 cm³/mol. The highest BCUT2D eigenvalue weighted by atomic mass is 35.5. The lowest BCUT2D eigenvalue weighted by atomic mass is 10.1. The Labute approximate surface area is 168 Å². The SMILES string of the molecule is O=C(c1cc(C(F)(F)F)ccc1Cl)N1CCCC1c1nnc(-c2ccncc2)o1. The third kappa shape index (κ3) is 3.82. The number of carbonyl (C=O) groups is 1. The molecule has 1 amide bonds. The first-order valence-electron chi connectivity index (χ1n) is 8.76. The third-order valence-corrected chi connectivity index (χ3v) is 5.02. The van der Waals surface area contributed by atoms with Crippen molar-refractivity contribution in [3.63, 3.8) is 0 Å². The van der Waals surface area contributed by atoms with Crippen LogP contribution < -0.4 is 0 Å². The van der Waals surface area contributed by atoms with Crippen molar-refractivity contribution in [2.24, 2.45) is 0 Å². The smallest absolute Gasteiger partial charge is 0.416 e. The van der Waals surface area contributed by atoms with Crippen LogP contribution in [-0.2, 0) is 6.18 Å². The second-order valence-corrected chi connectivity index (χ2v) is 6.94. The van der Waals surface area contributed by atoms with Gasteiger partial charge in [0.1, 0.15) is 6.04 Å². The number of hydrogen-bond donors (Lipinski definition) is 0. The van der Waals surface area contributed by atoms with Crippen molar-refractivity contribution < 1.29 is 22.4 Å². The van der Waals surface area contributed by atoms with Crippen LogP contribution in [0.25, 0.3) is 11.5 Å². The van der Waals surface area contributed by atoms with E-state index in [0.29, 0.717) is 24.9 Å². The van der Waals surface area contributed by atoms with E-state index in [4.69, 9.17) is 16.0 Å². The Morgan fingerprint density at radius 3 is 2.66 bits per heavy atom. The lowest BCUT2D eigenvalue weighted by molar-refractivity contribution is -0.137. The molecule has 3 aromatic rings. The molecule has 1 unspecified atom stereocenters. The van der Waals surface area contributed by atoms with E-state index >= 15 is 0 Å². The minimum atomic E-state index is -4.57. The lowest BCUT2D eigenvalue weighted by Crippen LogP contribution is -2.31. The maximum absolute atomic E-state index is 13.0. The summed E-state index contributed by atoms with van der Waals surface area (Å²) in [5.41, 5.74) is -0.462. The van der Waals surface area contributed by atoms with Gasteiger partial charge >= 0.3 is 6.18 Å². The van der Waals surface area contributed by atoms with Crippen LogP contribution in [0.1, 0.15) is 40.7 Å². The van der Waals surface area contributed by atoms with Gasteiger partial charge in [-0.2, -0.15) is 13.2 Å². The Balaban J connectivity index is 1.63. The van der Waals surface area contributed by atoms with E-state index in [1.807, 2.05) is 0 Å². The highest BCUT2D eigenvalue weighted by molar-refractivity contribution is 6.33. The Morgan fingerprint density at radius 2 is 1.93 bits per heavy atom. The van der Waals surface area contributed by atoms with E-state index < -0.39 is 23.7 Å². The van der Waals surface area contributed by atoms with E-state index in [9.17, 15) is 18.0 Å². The predicted octanol–water partition coefficient (Wildman–Crippen LogP) is 4.78. The van der Waals surface area contributed by atoms with E-state index in [-0.39, 0.29) is 22.4 Å². The minimum Gasteiger partial charge on any atom is -0.418 e. The van der Waals surface area contributed by atoms with Gasteiger partial charge in [0.25, 0.3) is 5.91 Å². The first-order chi connectivity index (χ1) is 13.8. The zero-order valence-electron chi connectivity index (χ0n) is 14.9. The van der Waals surface area contributed by atoms with Gasteiger partial charge in [-0.25, -0.2) is 0 Å². The van der Waals surface area contributed by atoms with Gasteiger partial charge in [-0.15, -0.1) is 10.2 Å². The second kappa shape index (κ2) is 7.47. The van der Waals surface area contributed by atoms with E-state index in [0.717, 1.165) is 18.2 Å². The summed E-state index contributed by atoms with van der Waals surface area (Å²) in [5, 5.41) is 8.00. The highest BCUT2D eigenvalue weighted by Gasteiger charge is 2.37. The molecule has 0 radical (unpaired) electrons. The third-order valence-electron chi connectivity index (χ3n) is 4.69. The minimum absolute atomic E-state index is 0.0448. The molecular weight excluding hydrogens is 409 g/mol. The quantitative estimate of drug-likeness (QED) is 0.607. The molecule has 1 aliphatic heterocycles. The van der Waals surface area contributed by atoms with Gasteiger partial charge in [-0.05, 0) is 43.2 Å². The fraction of sp³-hybridized carbons (Fsp3) is 0.263. The zero-order chi connectivity index (χ0) is 20.6. The Morgan fingerprint density at radius 1 is 1.17 bits per heavy atom. The maximum Gasteiger partial charge on any atom is 0.416 e. The maximum atomic E-state index is 13.0. The van der Waals surface area contributed by atoms with Crippen LogP contribution in [-0.4, -0.2) is 32.5 Å². The molecule has 3 heterocycles. The molecule has 1 atom stereocenters. The molecule has 1 fully saturated rings. The van der Waals surface area contributed by atoms with Crippen molar-refractivity contribution in [3.05, 3.63) is 64.8 Å². The summed E-state index contributed by atoms with van der Waals surface area (Å²) in [6.45, 7) is 0.350. The molecule has 1 saturated heterocycles. The Hall–Kier alpha value is -2.94. The van der Waals surface area contributed by atoms with Crippen molar-refractivity contribution >= 4 is 17.5 Å². The van der Waals surface area contributed by atoms with Gasteiger partial charge in [0.2, 0.25) is 11.8 Å². The number of aromatic nitrogens is 3. The van der Waals surface area contributed by atoms with Crippen LogP contribution in [0.2, 0.25) is 5.02 Å². The molecule has 0 aliphatic carbocycles. The lowest BCUT2D eigenvalue weighted by Gasteiger charge is -2.23. The number of pyridine rings is 1. The molecule has 0 saturated carbocycles. The van der Waals surface area contributed by atoms with Crippen molar-refractivity contribution in [1.82, 2.24) is 20.1 Å². The summed E-state index contributed by atoms with van der Waals surface area (Å²) in [6.07, 6.45) is -0.198. The fourth-order valence-electron chi connectivity index (χ4n) is 3.27. The summed E-state index contributed by atoms with van der Waals surface area (Å²) in [5.74, 6) is -0.100. The molecule has 1 aliphatic rings. The average Bonchev–Trinajstić information content (AvgIpc) is 3.37. The number of likely N-dealkylation sites (tertiary alicyclic amines) is 1. The van der Waals surface area contributed by atoms with Gasteiger partial charge in [0.15, 0.2) is 0 Å². The molecule has 150 valence electrons. The number of nitrogens with zero attached hydrogens (tertiary/aromatic N) is 4. The highest BCUT2D eigenvalue weighted by Crippen LogP contribution is 2.36. The van der Waals surface area contributed by atoms with E-state index in [1.165, 1.54) is 4.90 Å². The van der Waals surface area contributed by atoms with Crippen LogP contribution in [0, 0.1) is 0 Å². The van der Waals surface area contributed by atoms with Crippen LogP contribution in [0.3, 0.4) is 0 Å². The summed E-state index contributed by atoms with van der Waals surface area (Å²) < 4.78 is 44.8. The number of amides is 1. The average molecular weight is 423 g/mol. The Kier molecular flexibility index (Phi) is 4.99. The van der Waals surface area contributed by atoms with Crippen LogP contribution in [0.4, 0.5) is 13.2 Å². The van der Waals surface area contributed by atoms with Crippen LogP contribution >= 0.6 is 11.6 Å². The summed E-state index contributed by atoms with van der Waals surface area (Å²) in [6, 6.07) is 5.58. The molecule has 29 heavy (non-hydrogen) atoms. The summed E-state index contributed by atoms with van der Waals surface area (Å²) in [4.78, 5) is 18.3. The van der Waals surface area contributed by atoms with Crippen molar-refractivity contribution in [2.45, 2.75) is 25.1 Å². The molecule has 2 aromatic heterocycles. The monoisotopic (exact) mass is 422 g/mol. The summed E-state index contributed by atoms with van der Waals surface area (Å²) in [7, 11) is 0. The van der Waals surface area contributed by atoms with E-state index in [1.54, 1.807) is 24.5 Å². The number of benzene rings is 1. The molecule has 6 nitrogen and oxygen atoms in total. The first-order valence-corrected chi connectivity index (χ1v) is 9.14. The standard InChI is InChI=1S/C19H14ClF3N4O2/c20-14-4-3-12(19(21,22)23)10-13(14)18(28)27-9-1-2-15(27)17-26-25-16(29-17)11-5-7-24-8-6-11/h3-8,10,15H,1-2,9H2. The van der Waals surface area contributed by atoms with Crippen molar-refractivity contribution in [1.29, 1.82) is 0 Å². The van der Waals surface area contributed by atoms with Gasteiger partial charge in [0.05, 0.1) is 16.1 Å². The number of carbonyl (C=O) groups excluding carboxylic acids is 1. The number of rotatable bonds is 3. The van der Waals surface area contributed by atoms with Gasteiger partial charge in [-0.3, -0.25) is 9.78 Å². The fourth-order valence-corrected chi connectivity index (χ4v) is 3.47. The molecular formula is C19H14ClF3N4O2. The molecule has 4 rings (SSSR count). The number of hydrogen-bond acceptors (Lipinski definition) is 5. The molecule has 10 heteroatoms. The largest absolute Gasteiger partial charge is 0.418 e. The molecule has 0 N–H and O–H groups in total. The van der Waals surface area contributed by atoms with Gasteiger partial charge < -0.3 is 9.32 Å². The topological polar surface area (TPSA) is 72.1 Å². The number of alkyl halides is 3. The van der Waals surface area contributed by atoms with Crippen LogP contribution in [0.15, 0.2) is 47.1 Å². The molecule has 0 spiro atoms. The molecule has 0 bridgehead atoms. The normalized spacial score (nSPS) is 17.0. The zero-order valence-corrected chi connectivity index (χ0v) is 15.6. The second-order valence-electron chi connectivity index (χ2n) is 6.53. The Bertz CT molecular complexity index is 1040. The first kappa shape index (κ1) is 19.4. The van der Waals surface area contributed by atoms with Crippen molar-refractivity contribution in [3.8, 4) is 11.5 Å². The van der Waals surface area contributed by atoms with Crippen molar-refractivity contribution in [2.75, 3.05) is 6.54 Å². The summed E-state index contributed by atoms with van der Waals surface area (Å²) >= 11 is 6.03. The van der Waals surface area contributed by atoms with Gasteiger partial charge in [-0.1, -0.05) is 11.6 Å².